The van der Waals surface area contributed by atoms with Gasteiger partial charge in [0.05, 0.1) is 5.54 Å². The number of rotatable bonds is 0. The van der Waals surface area contributed by atoms with E-state index in [0.29, 0.717) is 0 Å². The van der Waals surface area contributed by atoms with Gasteiger partial charge >= 0.3 is 0 Å². The second-order valence-corrected chi connectivity index (χ2v) is 3.53. The highest BCUT2D eigenvalue weighted by Gasteiger charge is 2.43. The largest absolute Gasteiger partial charge is 0.253 e. The van der Waals surface area contributed by atoms with Gasteiger partial charge < -0.3 is 0 Å². The number of hydrazine groups is 1. The first-order valence-corrected chi connectivity index (χ1v) is 3.49. The zero-order valence-electron chi connectivity index (χ0n) is 7.34. The number of hydrogen-bond acceptors (Lipinski definition) is 1. The number of guanidine groups is 1. The standard InChI is InChI=1S/C7H15N3/c1-7(2,3)10-6(8-4)9(10)5/h1-5H3. The molecule has 1 fully saturated rings. The third kappa shape index (κ3) is 0.958. The third-order valence-electron chi connectivity index (χ3n) is 1.57. The molecule has 0 saturated carbocycles. The molecule has 0 amide bonds. The minimum absolute atomic E-state index is 0.184. The van der Waals surface area contributed by atoms with Gasteiger partial charge in [0.2, 0.25) is 5.96 Å². The van der Waals surface area contributed by atoms with Crippen LogP contribution in [0.4, 0.5) is 0 Å². The summed E-state index contributed by atoms with van der Waals surface area (Å²) < 4.78 is 0. The lowest BCUT2D eigenvalue weighted by Crippen LogP contribution is -2.28. The summed E-state index contributed by atoms with van der Waals surface area (Å²) in [6, 6.07) is 0. The van der Waals surface area contributed by atoms with Gasteiger partial charge in [-0.1, -0.05) is 0 Å². The maximum absolute atomic E-state index is 4.10. The second-order valence-electron chi connectivity index (χ2n) is 3.53. The van der Waals surface area contributed by atoms with Crippen molar-refractivity contribution >= 4 is 5.96 Å². The monoisotopic (exact) mass is 141 g/mol. The summed E-state index contributed by atoms with van der Waals surface area (Å²) in [5, 5.41) is 4.22. The maximum atomic E-state index is 4.10. The molecule has 0 aromatic heterocycles. The molecule has 3 heteroatoms. The molecule has 1 saturated heterocycles. The van der Waals surface area contributed by atoms with Crippen LogP contribution in [0.5, 0.6) is 0 Å². The molecule has 3 nitrogen and oxygen atoms in total. The van der Waals surface area contributed by atoms with Gasteiger partial charge in [-0.15, -0.1) is 0 Å². The summed E-state index contributed by atoms with van der Waals surface area (Å²) >= 11 is 0. The normalized spacial score (nSPS) is 22.3. The number of aliphatic imine (C=N–C) groups is 1. The fourth-order valence-corrected chi connectivity index (χ4v) is 1.20. The Labute approximate surface area is 62.3 Å². The summed E-state index contributed by atoms with van der Waals surface area (Å²) in [5.74, 6) is 1.08. The molecular weight excluding hydrogens is 126 g/mol. The number of hydrogen-bond donors (Lipinski definition) is 0. The number of nitrogens with zero attached hydrogens (tertiary/aromatic N) is 3. The fourth-order valence-electron chi connectivity index (χ4n) is 1.20. The van der Waals surface area contributed by atoms with Crippen LogP contribution >= 0.6 is 0 Å². The minimum atomic E-state index is 0.184. The highest BCUT2D eigenvalue weighted by molar-refractivity contribution is 5.91. The topological polar surface area (TPSA) is 18.4 Å². The third-order valence-corrected chi connectivity index (χ3v) is 1.57. The van der Waals surface area contributed by atoms with E-state index >= 15 is 0 Å². The van der Waals surface area contributed by atoms with E-state index in [2.05, 4.69) is 35.8 Å². The van der Waals surface area contributed by atoms with Gasteiger partial charge in [-0.2, -0.15) is 0 Å². The lowest BCUT2D eigenvalue weighted by Gasteiger charge is -2.18. The van der Waals surface area contributed by atoms with Crippen LogP contribution in [0.3, 0.4) is 0 Å². The summed E-state index contributed by atoms with van der Waals surface area (Å²) in [4.78, 5) is 4.10. The van der Waals surface area contributed by atoms with Gasteiger partial charge in [-0.25, -0.2) is 5.01 Å². The quantitative estimate of drug-likeness (QED) is 0.467. The van der Waals surface area contributed by atoms with Crippen LogP contribution in [0.2, 0.25) is 0 Å². The Hall–Kier alpha value is -0.730. The fraction of sp³-hybridized carbons (Fsp3) is 0.857. The van der Waals surface area contributed by atoms with Crippen molar-refractivity contribution in [2.24, 2.45) is 4.99 Å². The van der Waals surface area contributed by atoms with Crippen LogP contribution in [0.1, 0.15) is 20.8 Å². The predicted molar refractivity (Wildman–Crippen MR) is 42.7 cm³/mol. The molecule has 1 aliphatic rings. The van der Waals surface area contributed by atoms with Crippen LogP contribution in [0.15, 0.2) is 4.99 Å². The van der Waals surface area contributed by atoms with E-state index in [-0.39, 0.29) is 5.54 Å². The lowest BCUT2D eigenvalue weighted by molar-refractivity contribution is 0.206. The van der Waals surface area contributed by atoms with Crippen molar-refractivity contribution in [3.63, 3.8) is 0 Å². The maximum Gasteiger partial charge on any atom is 0.235 e. The molecule has 0 unspecified atom stereocenters. The Balaban J connectivity index is 2.66. The summed E-state index contributed by atoms with van der Waals surface area (Å²) in [6.07, 6.45) is 0. The second kappa shape index (κ2) is 1.87. The minimum Gasteiger partial charge on any atom is -0.253 e. The molecule has 0 aliphatic carbocycles. The molecule has 58 valence electrons. The molecule has 0 N–H and O–H groups in total. The van der Waals surface area contributed by atoms with Crippen LogP contribution in [0, 0.1) is 0 Å². The zero-order chi connectivity index (χ0) is 7.94. The van der Waals surface area contributed by atoms with Gasteiger partial charge in [0, 0.05) is 14.1 Å². The van der Waals surface area contributed by atoms with Crippen LogP contribution in [0.25, 0.3) is 0 Å². The molecule has 0 aromatic rings. The van der Waals surface area contributed by atoms with E-state index in [1.165, 1.54) is 0 Å². The Bertz CT molecular complexity index is 166. The first kappa shape index (κ1) is 7.38. The van der Waals surface area contributed by atoms with E-state index in [0.717, 1.165) is 5.96 Å². The smallest absolute Gasteiger partial charge is 0.235 e. The van der Waals surface area contributed by atoms with E-state index in [4.69, 9.17) is 0 Å². The molecule has 0 radical (unpaired) electrons. The van der Waals surface area contributed by atoms with Crippen molar-refractivity contribution in [1.29, 1.82) is 0 Å². The van der Waals surface area contributed by atoms with Crippen molar-refractivity contribution in [2.45, 2.75) is 26.3 Å². The van der Waals surface area contributed by atoms with Crippen molar-refractivity contribution in [3.05, 3.63) is 0 Å². The highest BCUT2D eigenvalue weighted by atomic mass is 15.9. The molecule has 1 rings (SSSR count). The van der Waals surface area contributed by atoms with Gasteiger partial charge in [0.15, 0.2) is 0 Å². The van der Waals surface area contributed by atoms with Crippen LogP contribution in [-0.4, -0.2) is 35.6 Å². The average molecular weight is 141 g/mol. The summed E-state index contributed by atoms with van der Waals surface area (Å²) in [6.45, 7) is 6.51. The van der Waals surface area contributed by atoms with Gasteiger partial charge in [-0.05, 0) is 20.8 Å². The summed E-state index contributed by atoms with van der Waals surface area (Å²) in [5.41, 5.74) is 0.184. The average Bonchev–Trinajstić information content (AvgIpc) is 2.39. The molecular formula is C7H15N3. The van der Waals surface area contributed by atoms with Crippen LogP contribution in [-0.2, 0) is 0 Å². The van der Waals surface area contributed by atoms with Gasteiger partial charge in [-0.3, -0.25) is 10.0 Å². The molecule has 0 spiro atoms. The first-order chi connectivity index (χ1) is 4.48. The van der Waals surface area contributed by atoms with Gasteiger partial charge in [0.25, 0.3) is 0 Å². The van der Waals surface area contributed by atoms with Crippen molar-refractivity contribution in [2.75, 3.05) is 14.1 Å². The Morgan fingerprint density at radius 2 is 1.80 bits per heavy atom. The van der Waals surface area contributed by atoms with Crippen molar-refractivity contribution in [3.8, 4) is 0 Å². The molecule has 10 heavy (non-hydrogen) atoms. The predicted octanol–water partition coefficient (Wildman–Crippen LogP) is 0.933. The summed E-state index contributed by atoms with van der Waals surface area (Å²) in [7, 11) is 3.84. The van der Waals surface area contributed by atoms with E-state index in [1.807, 2.05) is 14.1 Å². The van der Waals surface area contributed by atoms with Crippen molar-refractivity contribution in [1.82, 2.24) is 10.0 Å². The Kier molecular flexibility index (Phi) is 1.38. The molecule has 0 aromatic carbocycles. The molecule has 0 bridgehead atoms. The zero-order valence-corrected chi connectivity index (χ0v) is 7.34. The highest BCUT2D eigenvalue weighted by Crippen LogP contribution is 2.27. The SMILES string of the molecule is CN=C1N(C)N1C(C)(C)C. The Morgan fingerprint density at radius 1 is 1.30 bits per heavy atom. The van der Waals surface area contributed by atoms with E-state index in [9.17, 15) is 0 Å². The van der Waals surface area contributed by atoms with Gasteiger partial charge in [0.1, 0.15) is 0 Å². The van der Waals surface area contributed by atoms with E-state index < -0.39 is 0 Å². The lowest BCUT2D eigenvalue weighted by atomic mass is 10.1. The first-order valence-electron chi connectivity index (χ1n) is 3.49. The molecule has 1 heterocycles. The Morgan fingerprint density at radius 3 is 1.90 bits per heavy atom. The van der Waals surface area contributed by atoms with Crippen LogP contribution < -0.4 is 0 Å². The molecule has 0 atom stereocenters. The van der Waals surface area contributed by atoms with E-state index in [1.54, 1.807) is 0 Å². The van der Waals surface area contributed by atoms with Crippen molar-refractivity contribution < 1.29 is 0 Å². The molecule has 1 aliphatic heterocycles.